The van der Waals surface area contributed by atoms with Crippen molar-refractivity contribution in [3.63, 3.8) is 0 Å². The van der Waals surface area contributed by atoms with Crippen LogP contribution in [-0.2, 0) is 0 Å². The van der Waals surface area contributed by atoms with Gasteiger partial charge in [0.1, 0.15) is 0 Å². The van der Waals surface area contributed by atoms with Crippen LogP contribution in [-0.4, -0.2) is 6.54 Å². The lowest BCUT2D eigenvalue weighted by Gasteiger charge is -2.17. The van der Waals surface area contributed by atoms with Crippen molar-refractivity contribution in [1.82, 2.24) is 5.32 Å². The van der Waals surface area contributed by atoms with Crippen molar-refractivity contribution in [2.45, 2.75) is 26.8 Å². The number of hydrogen-bond acceptors (Lipinski definition) is 2. The van der Waals surface area contributed by atoms with Crippen LogP contribution in [0.5, 0.6) is 0 Å². The minimum Gasteiger partial charge on any atom is -0.306 e. The Hall–Kier alpha value is -0.160. The highest BCUT2D eigenvalue weighted by Crippen LogP contribution is 2.35. The van der Waals surface area contributed by atoms with Crippen molar-refractivity contribution < 1.29 is 0 Å². The molecule has 0 aliphatic rings. The molecule has 1 nitrogen and oxygen atoms in total. The van der Waals surface area contributed by atoms with Crippen molar-refractivity contribution in [2.75, 3.05) is 6.54 Å². The van der Waals surface area contributed by atoms with Gasteiger partial charge in [0.05, 0.1) is 9.83 Å². The summed E-state index contributed by atoms with van der Waals surface area (Å²) in [5.41, 5.74) is 3.87. The van der Waals surface area contributed by atoms with Crippen LogP contribution in [0.1, 0.15) is 34.5 Å². The number of rotatable bonds is 4. The fourth-order valence-corrected chi connectivity index (χ4v) is 4.07. The molecular formula is C15H17Br2NS. The summed E-state index contributed by atoms with van der Waals surface area (Å²) >= 11 is 9.05. The average molecular weight is 403 g/mol. The molecule has 4 heteroatoms. The van der Waals surface area contributed by atoms with Gasteiger partial charge in [0.25, 0.3) is 0 Å². The van der Waals surface area contributed by atoms with E-state index in [4.69, 9.17) is 0 Å². The van der Waals surface area contributed by atoms with Gasteiger partial charge in [-0.2, -0.15) is 0 Å². The van der Waals surface area contributed by atoms with Gasteiger partial charge in [-0.25, -0.2) is 0 Å². The zero-order valence-corrected chi connectivity index (χ0v) is 15.2. The van der Waals surface area contributed by atoms with Crippen LogP contribution in [0.15, 0.2) is 32.5 Å². The topological polar surface area (TPSA) is 12.0 Å². The molecule has 0 aliphatic heterocycles. The summed E-state index contributed by atoms with van der Waals surface area (Å²) in [4.78, 5) is 1.35. The van der Waals surface area contributed by atoms with Gasteiger partial charge in [-0.3, -0.25) is 0 Å². The van der Waals surface area contributed by atoms with E-state index in [2.05, 4.69) is 82.2 Å². The van der Waals surface area contributed by atoms with E-state index in [9.17, 15) is 0 Å². The van der Waals surface area contributed by atoms with E-state index in [-0.39, 0.29) is 6.04 Å². The van der Waals surface area contributed by atoms with Crippen LogP contribution < -0.4 is 5.32 Å². The molecule has 1 aromatic carbocycles. The summed E-state index contributed by atoms with van der Waals surface area (Å²) in [5, 5.41) is 3.57. The first-order valence-corrected chi connectivity index (χ1v) is 8.68. The number of aryl methyl sites for hydroxylation is 2. The Morgan fingerprint density at radius 1 is 1.16 bits per heavy atom. The van der Waals surface area contributed by atoms with E-state index in [1.807, 2.05) is 0 Å². The molecule has 2 aromatic rings. The molecule has 19 heavy (non-hydrogen) atoms. The van der Waals surface area contributed by atoms with Gasteiger partial charge in [-0.1, -0.05) is 35.0 Å². The third-order valence-electron chi connectivity index (χ3n) is 3.10. The largest absolute Gasteiger partial charge is 0.306 e. The lowest BCUT2D eigenvalue weighted by atomic mass is 10.0. The molecule has 0 aliphatic carbocycles. The Labute approximate surface area is 135 Å². The van der Waals surface area contributed by atoms with Crippen molar-refractivity contribution in [1.29, 1.82) is 0 Å². The molecule has 1 aromatic heterocycles. The predicted molar refractivity (Wildman–Crippen MR) is 91.2 cm³/mol. The molecule has 1 unspecified atom stereocenters. The van der Waals surface area contributed by atoms with Gasteiger partial charge in [0, 0.05) is 9.35 Å². The fraction of sp³-hybridized carbons (Fsp3) is 0.333. The van der Waals surface area contributed by atoms with Crippen molar-refractivity contribution in [3.05, 3.63) is 54.1 Å². The number of hydrogen-bond donors (Lipinski definition) is 1. The number of benzene rings is 1. The smallest absolute Gasteiger partial charge is 0.0731 e. The Kier molecular flexibility index (Phi) is 5.23. The van der Waals surface area contributed by atoms with E-state index in [1.54, 1.807) is 11.3 Å². The molecule has 0 bridgehead atoms. The summed E-state index contributed by atoms with van der Waals surface area (Å²) in [6.45, 7) is 7.34. The third kappa shape index (κ3) is 3.48. The quantitative estimate of drug-likeness (QED) is 0.702. The van der Waals surface area contributed by atoms with Gasteiger partial charge >= 0.3 is 0 Å². The fourth-order valence-electron chi connectivity index (χ4n) is 2.00. The summed E-state index contributed by atoms with van der Waals surface area (Å²) in [5.74, 6) is 0. The standard InChI is InChI=1S/C15H17Br2NS/c1-4-18-14(13-7-10(3)15(17)19-13)11-6-5-9(2)12(16)8-11/h5-8,14,18H,4H2,1-3H3. The van der Waals surface area contributed by atoms with Crippen molar-refractivity contribution in [2.24, 2.45) is 0 Å². The summed E-state index contributed by atoms with van der Waals surface area (Å²) < 4.78 is 2.39. The Morgan fingerprint density at radius 2 is 1.89 bits per heavy atom. The summed E-state index contributed by atoms with van der Waals surface area (Å²) in [6, 6.07) is 9.11. The zero-order valence-electron chi connectivity index (χ0n) is 11.3. The van der Waals surface area contributed by atoms with Gasteiger partial charge in [-0.05, 0) is 65.1 Å². The minimum atomic E-state index is 0.261. The Bertz CT molecular complexity index is 558. The zero-order chi connectivity index (χ0) is 14.0. The third-order valence-corrected chi connectivity index (χ3v) is 6.15. The maximum atomic E-state index is 3.62. The molecule has 0 spiro atoms. The Morgan fingerprint density at radius 3 is 2.42 bits per heavy atom. The van der Waals surface area contributed by atoms with Crippen LogP contribution in [0.25, 0.3) is 0 Å². The average Bonchev–Trinajstić information content (AvgIpc) is 2.70. The molecule has 0 fully saturated rings. The van der Waals surface area contributed by atoms with Crippen LogP contribution in [0, 0.1) is 13.8 Å². The van der Waals surface area contributed by atoms with Crippen LogP contribution in [0.2, 0.25) is 0 Å². The highest BCUT2D eigenvalue weighted by molar-refractivity contribution is 9.11. The summed E-state index contributed by atoms with van der Waals surface area (Å²) in [7, 11) is 0. The van der Waals surface area contributed by atoms with Crippen LogP contribution in [0.4, 0.5) is 0 Å². The molecule has 1 atom stereocenters. The molecule has 1 heterocycles. The molecule has 0 saturated heterocycles. The normalized spacial score (nSPS) is 12.7. The first kappa shape index (κ1) is 15.2. The van der Waals surface area contributed by atoms with Crippen molar-refractivity contribution >= 4 is 43.2 Å². The number of halogens is 2. The SMILES string of the molecule is CCNC(c1ccc(C)c(Br)c1)c1cc(C)c(Br)s1. The lowest BCUT2D eigenvalue weighted by molar-refractivity contribution is 0.639. The van der Waals surface area contributed by atoms with E-state index in [0.29, 0.717) is 0 Å². The molecule has 102 valence electrons. The maximum absolute atomic E-state index is 3.62. The van der Waals surface area contributed by atoms with Gasteiger partial charge < -0.3 is 5.32 Å². The highest BCUT2D eigenvalue weighted by atomic mass is 79.9. The highest BCUT2D eigenvalue weighted by Gasteiger charge is 2.17. The Balaban J connectivity index is 2.41. The molecule has 2 rings (SSSR count). The van der Waals surface area contributed by atoms with Gasteiger partial charge in [0.15, 0.2) is 0 Å². The summed E-state index contributed by atoms with van der Waals surface area (Å²) in [6.07, 6.45) is 0. The van der Waals surface area contributed by atoms with Crippen LogP contribution in [0.3, 0.4) is 0 Å². The van der Waals surface area contributed by atoms with Gasteiger partial charge in [0.2, 0.25) is 0 Å². The molecule has 0 saturated carbocycles. The lowest BCUT2D eigenvalue weighted by Crippen LogP contribution is -2.21. The number of nitrogens with one attached hydrogen (secondary N) is 1. The van der Waals surface area contributed by atoms with E-state index < -0.39 is 0 Å². The first-order chi connectivity index (χ1) is 9.02. The maximum Gasteiger partial charge on any atom is 0.0731 e. The second-order valence-electron chi connectivity index (χ2n) is 4.60. The minimum absolute atomic E-state index is 0.261. The molecule has 1 N–H and O–H groups in total. The second-order valence-corrected chi connectivity index (χ2v) is 7.86. The number of thiophene rings is 1. The van der Waals surface area contributed by atoms with Gasteiger partial charge in [-0.15, -0.1) is 11.3 Å². The van der Waals surface area contributed by atoms with Crippen LogP contribution >= 0.6 is 43.2 Å². The van der Waals surface area contributed by atoms with E-state index >= 15 is 0 Å². The monoisotopic (exact) mass is 401 g/mol. The predicted octanol–water partition coefficient (Wildman–Crippen LogP) is 5.59. The molecule has 0 radical (unpaired) electrons. The van der Waals surface area contributed by atoms with Crippen molar-refractivity contribution in [3.8, 4) is 0 Å². The molecular weight excluding hydrogens is 386 g/mol. The molecule has 0 amide bonds. The second kappa shape index (κ2) is 6.53. The van der Waals surface area contributed by atoms with E-state index in [0.717, 1.165) is 6.54 Å². The van der Waals surface area contributed by atoms with E-state index in [1.165, 1.54) is 29.8 Å². The first-order valence-electron chi connectivity index (χ1n) is 6.28.